The SMILES string of the molecule is Cc1nc2nc(-c3ccccc3F)ccc2o1. The summed E-state index contributed by atoms with van der Waals surface area (Å²) in [5.41, 5.74) is 2.14. The molecule has 0 N–H and O–H groups in total. The van der Waals surface area contributed by atoms with E-state index >= 15 is 0 Å². The molecule has 4 heteroatoms. The lowest BCUT2D eigenvalue weighted by atomic mass is 10.1. The molecule has 0 atom stereocenters. The summed E-state index contributed by atoms with van der Waals surface area (Å²) in [6, 6.07) is 10.0. The average molecular weight is 228 g/mol. The Morgan fingerprint density at radius 1 is 1.06 bits per heavy atom. The molecule has 0 radical (unpaired) electrons. The topological polar surface area (TPSA) is 38.9 Å². The lowest BCUT2D eigenvalue weighted by Gasteiger charge is -2.00. The van der Waals surface area contributed by atoms with E-state index in [0.29, 0.717) is 28.4 Å². The fraction of sp³-hybridized carbons (Fsp3) is 0.0769. The fourth-order valence-electron chi connectivity index (χ4n) is 1.75. The van der Waals surface area contributed by atoms with Crippen molar-refractivity contribution in [3.63, 3.8) is 0 Å². The molecule has 3 rings (SSSR count). The molecule has 0 spiro atoms. The fourth-order valence-corrected chi connectivity index (χ4v) is 1.75. The summed E-state index contributed by atoms with van der Waals surface area (Å²) in [6.07, 6.45) is 0. The van der Waals surface area contributed by atoms with Crippen LogP contribution in [-0.2, 0) is 0 Å². The predicted octanol–water partition coefficient (Wildman–Crippen LogP) is 3.34. The summed E-state index contributed by atoms with van der Waals surface area (Å²) in [7, 11) is 0. The zero-order chi connectivity index (χ0) is 11.8. The quantitative estimate of drug-likeness (QED) is 0.641. The van der Waals surface area contributed by atoms with Gasteiger partial charge in [0.25, 0.3) is 0 Å². The molecular formula is C13H9FN2O. The van der Waals surface area contributed by atoms with Gasteiger partial charge in [0.1, 0.15) is 5.82 Å². The average Bonchev–Trinajstić information content (AvgIpc) is 2.68. The highest BCUT2D eigenvalue weighted by Gasteiger charge is 2.09. The van der Waals surface area contributed by atoms with E-state index in [2.05, 4.69) is 9.97 Å². The number of benzene rings is 1. The van der Waals surface area contributed by atoms with Gasteiger partial charge in [0, 0.05) is 12.5 Å². The summed E-state index contributed by atoms with van der Waals surface area (Å²) in [4.78, 5) is 8.41. The molecule has 3 nitrogen and oxygen atoms in total. The maximum atomic E-state index is 13.6. The van der Waals surface area contributed by atoms with E-state index < -0.39 is 0 Å². The highest BCUT2D eigenvalue weighted by molar-refractivity contribution is 5.73. The largest absolute Gasteiger partial charge is 0.439 e. The lowest BCUT2D eigenvalue weighted by molar-refractivity contribution is 0.561. The Morgan fingerprint density at radius 2 is 1.88 bits per heavy atom. The molecule has 84 valence electrons. The smallest absolute Gasteiger partial charge is 0.199 e. The molecule has 2 heterocycles. The number of rotatable bonds is 1. The van der Waals surface area contributed by atoms with Crippen molar-refractivity contribution >= 4 is 11.2 Å². The van der Waals surface area contributed by atoms with E-state index in [-0.39, 0.29) is 5.82 Å². The van der Waals surface area contributed by atoms with Gasteiger partial charge in [-0.05, 0) is 24.3 Å². The zero-order valence-electron chi connectivity index (χ0n) is 9.14. The van der Waals surface area contributed by atoms with Crippen LogP contribution in [0.15, 0.2) is 40.8 Å². The molecular weight excluding hydrogens is 219 g/mol. The maximum absolute atomic E-state index is 13.6. The molecule has 0 saturated carbocycles. The molecule has 17 heavy (non-hydrogen) atoms. The van der Waals surface area contributed by atoms with Gasteiger partial charge in [-0.25, -0.2) is 9.37 Å². The third kappa shape index (κ3) is 1.67. The van der Waals surface area contributed by atoms with Crippen LogP contribution >= 0.6 is 0 Å². The van der Waals surface area contributed by atoms with E-state index in [4.69, 9.17) is 4.42 Å². The minimum atomic E-state index is -0.292. The Balaban J connectivity index is 2.21. The molecule has 0 aliphatic rings. The first-order chi connectivity index (χ1) is 8.24. The Hall–Kier alpha value is -2.23. The summed E-state index contributed by atoms with van der Waals surface area (Å²) in [6.45, 7) is 1.75. The van der Waals surface area contributed by atoms with E-state index in [1.54, 1.807) is 37.3 Å². The van der Waals surface area contributed by atoms with Crippen molar-refractivity contribution in [2.24, 2.45) is 0 Å². The standard InChI is InChI=1S/C13H9FN2O/c1-8-15-13-12(17-8)7-6-11(16-13)9-4-2-3-5-10(9)14/h2-7H,1H3. The maximum Gasteiger partial charge on any atom is 0.199 e. The minimum Gasteiger partial charge on any atom is -0.439 e. The Bertz CT molecular complexity index is 691. The summed E-state index contributed by atoms with van der Waals surface area (Å²) in [5.74, 6) is 0.262. The number of halogens is 1. The number of pyridine rings is 1. The first-order valence-electron chi connectivity index (χ1n) is 5.23. The van der Waals surface area contributed by atoms with Crippen molar-refractivity contribution in [2.45, 2.75) is 6.92 Å². The van der Waals surface area contributed by atoms with Gasteiger partial charge in [-0.2, -0.15) is 4.98 Å². The number of nitrogens with zero attached hydrogens (tertiary/aromatic N) is 2. The van der Waals surface area contributed by atoms with Crippen LogP contribution < -0.4 is 0 Å². The van der Waals surface area contributed by atoms with Crippen molar-refractivity contribution in [2.75, 3.05) is 0 Å². The van der Waals surface area contributed by atoms with Crippen LogP contribution in [0.3, 0.4) is 0 Å². The highest BCUT2D eigenvalue weighted by atomic mass is 19.1. The first-order valence-corrected chi connectivity index (χ1v) is 5.23. The van der Waals surface area contributed by atoms with E-state index in [1.165, 1.54) is 6.07 Å². The Labute approximate surface area is 96.9 Å². The normalized spacial score (nSPS) is 10.9. The van der Waals surface area contributed by atoms with Gasteiger partial charge >= 0.3 is 0 Å². The van der Waals surface area contributed by atoms with Gasteiger partial charge < -0.3 is 4.42 Å². The van der Waals surface area contributed by atoms with Crippen LogP contribution in [0.5, 0.6) is 0 Å². The monoisotopic (exact) mass is 228 g/mol. The van der Waals surface area contributed by atoms with E-state index in [1.807, 2.05) is 0 Å². The van der Waals surface area contributed by atoms with Crippen molar-refractivity contribution in [3.05, 3.63) is 48.1 Å². The number of aromatic nitrogens is 2. The van der Waals surface area contributed by atoms with Crippen LogP contribution in [0.4, 0.5) is 4.39 Å². The second kappa shape index (κ2) is 3.66. The third-order valence-corrected chi connectivity index (χ3v) is 2.51. The summed E-state index contributed by atoms with van der Waals surface area (Å²) in [5, 5.41) is 0. The Morgan fingerprint density at radius 3 is 2.71 bits per heavy atom. The molecule has 3 aromatic rings. The molecule has 0 aliphatic carbocycles. The molecule has 0 unspecified atom stereocenters. The van der Waals surface area contributed by atoms with Gasteiger partial charge in [0.2, 0.25) is 0 Å². The predicted molar refractivity (Wildman–Crippen MR) is 61.9 cm³/mol. The minimum absolute atomic E-state index is 0.292. The van der Waals surface area contributed by atoms with Crippen molar-refractivity contribution in [1.29, 1.82) is 0 Å². The van der Waals surface area contributed by atoms with E-state index in [0.717, 1.165) is 0 Å². The molecule has 0 saturated heterocycles. The van der Waals surface area contributed by atoms with Gasteiger partial charge in [-0.1, -0.05) is 12.1 Å². The first kappa shape index (κ1) is 9.96. The molecule has 0 bridgehead atoms. The van der Waals surface area contributed by atoms with E-state index in [9.17, 15) is 4.39 Å². The van der Waals surface area contributed by atoms with Crippen LogP contribution in [0.2, 0.25) is 0 Å². The zero-order valence-corrected chi connectivity index (χ0v) is 9.14. The van der Waals surface area contributed by atoms with Gasteiger partial charge in [0.15, 0.2) is 17.1 Å². The number of hydrogen-bond acceptors (Lipinski definition) is 3. The molecule has 0 amide bonds. The second-order valence-electron chi connectivity index (χ2n) is 3.73. The lowest BCUT2D eigenvalue weighted by Crippen LogP contribution is -1.87. The third-order valence-electron chi connectivity index (χ3n) is 2.51. The molecule has 0 fully saturated rings. The van der Waals surface area contributed by atoms with Crippen LogP contribution in [0.25, 0.3) is 22.5 Å². The Kier molecular flexibility index (Phi) is 2.14. The summed E-state index contributed by atoms with van der Waals surface area (Å²) < 4.78 is 18.9. The number of fused-ring (bicyclic) bond motifs is 1. The van der Waals surface area contributed by atoms with Crippen LogP contribution in [0, 0.1) is 12.7 Å². The molecule has 0 aliphatic heterocycles. The van der Waals surface area contributed by atoms with Gasteiger partial charge in [-0.15, -0.1) is 0 Å². The molecule has 1 aromatic carbocycles. The number of aryl methyl sites for hydroxylation is 1. The van der Waals surface area contributed by atoms with Crippen LogP contribution in [0.1, 0.15) is 5.89 Å². The number of hydrogen-bond donors (Lipinski definition) is 0. The second-order valence-corrected chi connectivity index (χ2v) is 3.73. The van der Waals surface area contributed by atoms with Gasteiger partial charge in [-0.3, -0.25) is 0 Å². The van der Waals surface area contributed by atoms with Gasteiger partial charge in [0.05, 0.1) is 5.69 Å². The van der Waals surface area contributed by atoms with Crippen molar-refractivity contribution in [1.82, 2.24) is 9.97 Å². The highest BCUT2D eigenvalue weighted by Crippen LogP contribution is 2.23. The van der Waals surface area contributed by atoms with Crippen molar-refractivity contribution in [3.8, 4) is 11.3 Å². The number of oxazole rings is 1. The summed E-state index contributed by atoms with van der Waals surface area (Å²) >= 11 is 0. The molecule has 2 aromatic heterocycles. The van der Waals surface area contributed by atoms with Crippen molar-refractivity contribution < 1.29 is 8.81 Å². The van der Waals surface area contributed by atoms with Crippen LogP contribution in [-0.4, -0.2) is 9.97 Å².